The molecule has 192 valence electrons. The molecule has 0 amide bonds. The van der Waals surface area contributed by atoms with E-state index < -0.39 is 5.60 Å². The first-order valence-electron chi connectivity index (χ1n) is 12.7. The van der Waals surface area contributed by atoms with Crippen LogP contribution in [0.25, 0.3) is 27.9 Å². The summed E-state index contributed by atoms with van der Waals surface area (Å²) < 4.78 is 26.1. The molecule has 37 heavy (non-hydrogen) atoms. The maximum absolute atomic E-state index is 13.6. The fraction of sp³-hybridized carbons (Fsp3) is 0.379. The van der Waals surface area contributed by atoms with Crippen LogP contribution < -0.4 is 5.56 Å². The van der Waals surface area contributed by atoms with Gasteiger partial charge in [-0.1, -0.05) is 11.2 Å². The SMILES string of the molecule is CC(C)(C)OC(=O)CCCCc1nc2cc(-c3cc(C4CC4)no3)ccc2c(=O)n1-c1ccc(F)cc1. The van der Waals surface area contributed by atoms with E-state index in [1.807, 2.05) is 39.0 Å². The highest BCUT2D eigenvalue weighted by Crippen LogP contribution is 2.40. The molecule has 0 atom stereocenters. The predicted molar refractivity (Wildman–Crippen MR) is 138 cm³/mol. The Morgan fingerprint density at radius 1 is 1.11 bits per heavy atom. The number of aryl methyl sites for hydroxylation is 1. The normalized spacial score (nSPS) is 13.7. The first-order valence-corrected chi connectivity index (χ1v) is 12.7. The Bertz CT molecular complexity index is 1490. The van der Waals surface area contributed by atoms with Gasteiger partial charge in [-0.3, -0.25) is 14.2 Å². The van der Waals surface area contributed by atoms with Crippen LogP contribution in [0.1, 0.15) is 70.3 Å². The van der Waals surface area contributed by atoms with Crippen LogP contribution in [-0.4, -0.2) is 26.3 Å². The lowest BCUT2D eigenvalue weighted by molar-refractivity contribution is -0.154. The predicted octanol–water partition coefficient (Wildman–Crippen LogP) is 6.11. The Labute approximate surface area is 214 Å². The number of carbonyl (C=O) groups excluding carboxylic acids is 1. The lowest BCUT2D eigenvalue weighted by atomic mass is 10.1. The van der Waals surface area contributed by atoms with Crippen molar-refractivity contribution in [3.05, 3.63) is 76.2 Å². The van der Waals surface area contributed by atoms with Gasteiger partial charge < -0.3 is 9.26 Å². The molecule has 1 fully saturated rings. The van der Waals surface area contributed by atoms with Crippen LogP contribution in [-0.2, 0) is 16.0 Å². The Kier molecular flexibility index (Phi) is 6.67. The van der Waals surface area contributed by atoms with Crippen molar-refractivity contribution in [2.75, 3.05) is 0 Å². The molecule has 2 heterocycles. The fourth-order valence-electron chi connectivity index (χ4n) is 4.35. The molecule has 2 aromatic carbocycles. The first-order chi connectivity index (χ1) is 17.7. The van der Waals surface area contributed by atoms with Crippen molar-refractivity contribution >= 4 is 16.9 Å². The van der Waals surface area contributed by atoms with Crippen molar-refractivity contribution in [3.63, 3.8) is 0 Å². The maximum Gasteiger partial charge on any atom is 0.306 e. The minimum absolute atomic E-state index is 0.235. The first kappa shape index (κ1) is 24.9. The number of benzene rings is 2. The summed E-state index contributed by atoms with van der Waals surface area (Å²) >= 11 is 0. The number of unbranched alkanes of at least 4 members (excludes halogenated alkanes) is 1. The zero-order chi connectivity index (χ0) is 26.2. The third kappa shape index (κ3) is 5.79. The van der Waals surface area contributed by atoms with Gasteiger partial charge in [0.25, 0.3) is 5.56 Å². The average Bonchev–Trinajstić information content (AvgIpc) is 3.58. The average molecular weight is 504 g/mol. The molecule has 7 nitrogen and oxygen atoms in total. The van der Waals surface area contributed by atoms with E-state index >= 15 is 0 Å². The number of hydrogen-bond acceptors (Lipinski definition) is 6. The number of halogens is 1. The van der Waals surface area contributed by atoms with Crippen LogP contribution in [0.2, 0.25) is 0 Å². The quantitative estimate of drug-likeness (QED) is 0.213. The molecule has 1 saturated carbocycles. The third-order valence-electron chi connectivity index (χ3n) is 6.28. The van der Waals surface area contributed by atoms with Crippen LogP contribution in [0.3, 0.4) is 0 Å². The van der Waals surface area contributed by atoms with E-state index in [0.717, 1.165) is 24.1 Å². The summed E-state index contributed by atoms with van der Waals surface area (Å²) in [6, 6.07) is 13.1. The molecule has 0 radical (unpaired) electrons. The number of ether oxygens (including phenoxy) is 1. The van der Waals surface area contributed by atoms with E-state index in [4.69, 9.17) is 14.2 Å². The third-order valence-corrected chi connectivity index (χ3v) is 6.28. The molecule has 0 unspecified atom stereocenters. The highest BCUT2D eigenvalue weighted by molar-refractivity contribution is 5.83. The highest BCUT2D eigenvalue weighted by Gasteiger charge is 2.27. The smallest absolute Gasteiger partial charge is 0.306 e. The summed E-state index contributed by atoms with van der Waals surface area (Å²) in [7, 11) is 0. The molecule has 1 aliphatic rings. The molecule has 0 spiro atoms. The van der Waals surface area contributed by atoms with E-state index in [0.29, 0.717) is 53.4 Å². The second-order valence-corrected chi connectivity index (χ2v) is 10.6. The Morgan fingerprint density at radius 2 is 1.86 bits per heavy atom. The fourth-order valence-corrected chi connectivity index (χ4v) is 4.35. The van der Waals surface area contributed by atoms with E-state index in [1.54, 1.807) is 18.2 Å². The Morgan fingerprint density at radius 3 is 2.57 bits per heavy atom. The van der Waals surface area contributed by atoms with Gasteiger partial charge in [0.2, 0.25) is 0 Å². The monoisotopic (exact) mass is 503 g/mol. The molecule has 0 saturated heterocycles. The summed E-state index contributed by atoms with van der Waals surface area (Å²) in [4.78, 5) is 30.5. The van der Waals surface area contributed by atoms with E-state index in [9.17, 15) is 14.0 Å². The number of carbonyl (C=O) groups is 1. The number of aromatic nitrogens is 3. The van der Waals surface area contributed by atoms with Gasteiger partial charge >= 0.3 is 5.97 Å². The van der Waals surface area contributed by atoms with Crippen molar-refractivity contribution in [1.82, 2.24) is 14.7 Å². The Hall–Kier alpha value is -3.81. The number of nitrogens with zero attached hydrogens (tertiary/aromatic N) is 3. The van der Waals surface area contributed by atoms with E-state index in [2.05, 4.69) is 5.16 Å². The summed E-state index contributed by atoms with van der Waals surface area (Å²) in [6.07, 6.45) is 4.23. The minimum Gasteiger partial charge on any atom is -0.460 e. The number of esters is 1. The molecule has 5 rings (SSSR count). The van der Waals surface area contributed by atoms with Gasteiger partial charge in [-0.15, -0.1) is 0 Å². The van der Waals surface area contributed by atoms with Crippen LogP contribution in [0.15, 0.2) is 57.8 Å². The van der Waals surface area contributed by atoms with Gasteiger partial charge in [0.1, 0.15) is 17.2 Å². The number of hydrogen-bond donors (Lipinski definition) is 0. The van der Waals surface area contributed by atoms with Crippen molar-refractivity contribution in [1.29, 1.82) is 0 Å². The van der Waals surface area contributed by atoms with Crippen molar-refractivity contribution < 1.29 is 18.4 Å². The Balaban J connectivity index is 1.46. The molecule has 1 aliphatic carbocycles. The minimum atomic E-state index is -0.527. The van der Waals surface area contributed by atoms with Gasteiger partial charge in [0, 0.05) is 30.4 Å². The molecule has 8 heteroatoms. The second-order valence-electron chi connectivity index (χ2n) is 10.6. The molecule has 2 aromatic heterocycles. The molecular formula is C29H30FN3O4. The van der Waals surface area contributed by atoms with Gasteiger partial charge in [-0.25, -0.2) is 9.37 Å². The summed E-state index contributed by atoms with van der Waals surface area (Å²) in [5.41, 5.74) is 2.08. The number of fused-ring (bicyclic) bond motifs is 1. The topological polar surface area (TPSA) is 87.2 Å². The van der Waals surface area contributed by atoms with Gasteiger partial charge in [-0.2, -0.15) is 0 Å². The van der Waals surface area contributed by atoms with Gasteiger partial charge in [0.15, 0.2) is 5.76 Å². The molecule has 0 aliphatic heterocycles. The summed E-state index contributed by atoms with van der Waals surface area (Å²) in [5, 5.41) is 4.64. The van der Waals surface area contributed by atoms with Crippen molar-refractivity contribution in [2.45, 2.75) is 70.8 Å². The van der Waals surface area contributed by atoms with Gasteiger partial charge in [0.05, 0.1) is 22.3 Å². The van der Waals surface area contributed by atoms with Crippen molar-refractivity contribution in [3.8, 4) is 17.0 Å². The molecule has 4 aromatic rings. The lowest BCUT2D eigenvalue weighted by Gasteiger charge is -2.19. The van der Waals surface area contributed by atoms with Gasteiger partial charge in [-0.05, 0) is 82.9 Å². The molecule has 0 bridgehead atoms. The van der Waals surface area contributed by atoms with Crippen LogP contribution in [0.4, 0.5) is 4.39 Å². The largest absolute Gasteiger partial charge is 0.460 e. The van der Waals surface area contributed by atoms with E-state index in [-0.39, 0.29) is 23.8 Å². The molecular weight excluding hydrogens is 473 g/mol. The lowest BCUT2D eigenvalue weighted by Crippen LogP contribution is -2.24. The summed E-state index contributed by atoms with van der Waals surface area (Å²) in [6.45, 7) is 5.52. The standard InChI is InChI=1S/C29H30FN3O4/c1-29(2,3)36-27(34)7-5-4-6-26-31-24-16-19(25-17-23(32-37-25)18-8-9-18)10-15-22(24)28(35)33(26)21-13-11-20(30)12-14-21/h10-18H,4-9H2,1-3H3. The summed E-state index contributed by atoms with van der Waals surface area (Å²) in [5.74, 6) is 1.03. The van der Waals surface area contributed by atoms with Crippen molar-refractivity contribution in [2.24, 2.45) is 0 Å². The number of rotatable bonds is 8. The maximum atomic E-state index is 13.6. The van der Waals surface area contributed by atoms with Crippen LogP contribution in [0.5, 0.6) is 0 Å². The van der Waals surface area contributed by atoms with E-state index in [1.165, 1.54) is 16.7 Å². The molecule has 0 N–H and O–H groups in total. The zero-order valence-electron chi connectivity index (χ0n) is 21.3. The zero-order valence-corrected chi connectivity index (χ0v) is 21.3. The second kappa shape index (κ2) is 9.92. The van der Waals surface area contributed by atoms with Crippen LogP contribution >= 0.6 is 0 Å². The highest BCUT2D eigenvalue weighted by atomic mass is 19.1. The van der Waals surface area contributed by atoms with Crippen LogP contribution in [0, 0.1) is 5.82 Å².